The zero-order valence-corrected chi connectivity index (χ0v) is 15.7. The van der Waals surface area contributed by atoms with Crippen LogP contribution in [0.3, 0.4) is 0 Å². The highest BCUT2D eigenvalue weighted by Crippen LogP contribution is 2.12. The first kappa shape index (κ1) is 18.5. The van der Waals surface area contributed by atoms with E-state index in [-0.39, 0.29) is 0 Å². The molecule has 1 heterocycles. The third-order valence-electron chi connectivity index (χ3n) is 4.01. The minimum Gasteiger partial charge on any atom is -0.497 e. The Morgan fingerprint density at radius 3 is 2.70 bits per heavy atom. The van der Waals surface area contributed by atoms with Crippen LogP contribution in [0, 0.1) is 0 Å². The predicted octanol–water partition coefficient (Wildman–Crippen LogP) is 3.14. The second kappa shape index (κ2) is 9.43. The van der Waals surface area contributed by atoms with Crippen molar-refractivity contribution >= 4 is 5.96 Å². The van der Waals surface area contributed by atoms with Gasteiger partial charge in [-0.15, -0.1) is 0 Å². The van der Waals surface area contributed by atoms with Crippen LogP contribution < -0.4 is 15.4 Å². The van der Waals surface area contributed by atoms with Gasteiger partial charge in [0.05, 0.1) is 25.5 Å². The summed E-state index contributed by atoms with van der Waals surface area (Å²) in [6.07, 6.45) is 3.85. The third kappa shape index (κ3) is 5.34. The molecule has 0 aliphatic rings. The number of methoxy groups -OCH3 is 1. The molecule has 3 rings (SSSR count). The molecule has 1 aromatic heterocycles. The lowest BCUT2D eigenvalue weighted by Gasteiger charge is -2.11. The Morgan fingerprint density at radius 2 is 1.93 bits per heavy atom. The lowest BCUT2D eigenvalue weighted by molar-refractivity contribution is 0.414. The summed E-state index contributed by atoms with van der Waals surface area (Å²) in [5.74, 6) is 1.62. The van der Waals surface area contributed by atoms with Gasteiger partial charge < -0.3 is 15.4 Å². The zero-order chi connectivity index (χ0) is 18.9. The van der Waals surface area contributed by atoms with Crippen LogP contribution in [-0.2, 0) is 13.1 Å². The van der Waals surface area contributed by atoms with E-state index in [4.69, 9.17) is 4.74 Å². The van der Waals surface area contributed by atoms with Crippen molar-refractivity contribution in [2.24, 2.45) is 4.99 Å². The Labute approximate surface area is 159 Å². The Kier molecular flexibility index (Phi) is 6.46. The number of benzene rings is 2. The molecule has 0 aliphatic heterocycles. The first-order valence-corrected chi connectivity index (χ1v) is 9.02. The fourth-order valence-corrected chi connectivity index (χ4v) is 2.64. The maximum absolute atomic E-state index is 5.27. The smallest absolute Gasteiger partial charge is 0.191 e. The van der Waals surface area contributed by atoms with Gasteiger partial charge in [0.1, 0.15) is 5.75 Å². The van der Waals surface area contributed by atoms with E-state index in [1.807, 2.05) is 65.6 Å². The number of nitrogens with zero attached hydrogens (tertiary/aromatic N) is 3. The fourth-order valence-electron chi connectivity index (χ4n) is 2.64. The van der Waals surface area contributed by atoms with Gasteiger partial charge in [0, 0.05) is 24.8 Å². The molecule has 0 saturated heterocycles. The highest BCUT2D eigenvalue weighted by molar-refractivity contribution is 5.79. The molecule has 0 unspecified atom stereocenters. The summed E-state index contributed by atoms with van der Waals surface area (Å²) >= 11 is 0. The van der Waals surface area contributed by atoms with Gasteiger partial charge in [-0.2, -0.15) is 5.10 Å². The van der Waals surface area contributed by atoms with Crippen molar-refractivity contribution < 1.29 is 4.74 Å². The number of hydrogen-bond donors (Lipinski definition) is 2. The number of nitrogens with one attached hydrogen (secondary N) is 2. The minimum absolute atomic E-state index is 0.556. The number of rotatable bonds is 7. The van der Waals surface area contributed by atoms with Crippen LogP contribution in [0.2, 0.25) is 0 Å². The lowest BCUT2D eigenvalue weighted by atomic mass is 10.2. The molecule has 0 radical (unpaired) electrons. The Hall–Kier alpha value is -3.28. The first-order chi connectivity index (χ1) is 13.3. The lowest BCUT2D eigenvalue weighted by Crippen LogP contribution is -2.36. The van der Waals surface area contributed by atoms with Gasteiger partial charge in [0.25, 0.3) is 0 Å². The van der Waals surface area contributed by atoms with Crippen LogP contribution in [0.5, 0.6) is 5.75 Å². The van der Waals surface area contributed by atoms with Crippen LogP contribution in [0.15, 0.2) is 72.0 Å². The molecule has 0 bridgehead atoms. The number of hydrogen-bond acceptors (Lipinski definition) is 3. The highest BCUT2D eigenvalue weighted by atomic mass is 16.5. The number of aromatic nitrogens is 2. The van der Waals surface area contributed by atoms with Crippen LogP contribution in [0.25, 0.3) is 5.69 Å². The molecule has 2 aromatic carbocycles. The average Bonchev–Trinajstić information content (AvgIpc) is 3.20. The molecule has 6 heteroatoms. The fraction of sp³-hybridized carbons (Fsp3) is 0.238. The van der Waals surface area contributed by atoms with E-state index in [0.29, 0.717) is 13.1 Å². The van der Waals surface area contributed by atoms with E-state index in [1.54, 1.807) is 7.11 Å². The summed E-state index contributed by atoms with van der Waals surface area (Å²) < 4.78 is 7.13. The summed E-state index contributed by atoms with van der Waals surface area (Å²) in [6.45, 7) is 4.08. The summed E-state index contributed by atoms with van der Waals surface area (Å²) in [7, 11) is 1.67. The summed E-state index contributed by atoms with van der Waals surface area (Å²) in [6, 6.07) is 18.0. The quantitative estimate of drug-likeness (QED) is 0.500. The van der Waals surface area contributed by atoms with Crippen LogP contribution in [-0.4, -0.2) is 29.4 Å². The molecule has 2 N–H and O–H groups in total. The Balaban J connectivity index is 1.62. The Morgan fingerprint density at radius 1 is 1.07 bits per heavy atom. The van der Waals surface area contributed by atoms with E-state index in [2.05, 4.69) is 33.7 Å². The van der Waals surface area contributed by atoms with Gasteiger partial charge in [-0.3, -0.25) is 0 Å². The van der Waals surface area contributed by atoms with E-state index >= 15 is 0 Å². The van der Waals surface area contributed by atoms with Crippen molar-refractivity contribution in [2.75, 3.05) is 13.7 Å². The van der Waals surface area contributed by atoms with E-state index < -0.39 is 0 Å². The second-order valence-corrected chi connectivity index (χ2v) is 6.03. The number of ether oxygens (including phenoxy) is 1. The monoisotopic (exact) mass is 363 g/mol. The largest absolute Gasteiger partial charge is 0.497 e. The highest BCUT2D eigenvalue weighted by Gasteiger charge is 2.03. The molecular weight excluding hydrogens is 338 g/mol. The molecule has 27 heavy (non-hydrogen) atoms. The molecule has 0 amide bonds. The van der Waals surface area contributed by atoms with Gasteiger partial charge in [0.2, 0.25) is 0 Å². The third-order valence-corrected chi connectivity index (χ3v) is 4.01. The van der Waals surface area contributed by atoms with Crippen LogP contribution >= 0.6 is 0 Å². The van der Waals surface area contributed by atoms with E-state index in [1.165, 1.54) is 0 Å². The minimum atomic E-state index is 0.556. The molecular formula is C21H25N5O. The van der Waals surface area contributed by atoms with Crippen LogP contribution in [0.4, 0.5) is 0 Å². The summed E-state index contributed by atoms with van der Waals surface area (Å²) in [5, 5.41) is 11.0. The number of para-hydroxylation sites is 1. The zero-order valence-electron chi connectivity index (χ0n) is 15.7. The van der Waals surface area contributed by atoms with Crippen LogP contribution in [0.1, 0.15) is 18.1 Å². The van der Waals surface area contributed by atoms with E-state index in [9.17, 15) is 0 Å². The molecule has 3 aromatic rings. The molecule has 0 fully saturated rings. The van der Waals surface area contributed by atoms with Gasteiger partial charge >= 0.3 is 0 Å². The standard InChI is InChI=1S/C21H25N5O/c1-3-22-21(23-13-17-8-7-11-20(12-17)27-2)24-14-18-15-25-26(16-18)19-9-5-4-6-10-19/h4-12,15-16H,3,13-14H2,1-2H3,(H2,22,23,24). The first-order valence-electron chi connectivity index (χ1n) is 9.02. The summed E-state index contributed by atoms with van der Waals surface area (Å²) in [4.78, 5) is 4.66. The van der Waals surface area contributed by atoms with Crippen molar-refractivity contribution in [2.45, 2.75) is 20.0 Å². The molecule has 6 nitrogen and oxygen atoms in total. The molecule has 0 saturated carbocycles. The number of aliphatic imine (C=N–C) groups is 1. The SMILES string of the molecule is CCNC(=NCc1cnn(-c2ccccc2)c1)NCc1cccc(OC)c1. The average molecular weight is 363 g/mol. The van der Waals surface area contributed by atoms with Crippen molar-refractivity contribution in [3.63, 3.8) is 0 Å². The molecule has 0 spiro atoms. The normalized spacial score (nSPS) is 11.3. The van der Waals surface area contributed by atoms with Gasteiger partial charge in [-0.05, 0) is 36.8 Å². The predicted molar refractivity (Wildman–Crippen MR) is 108 cm³/mol. The van der Waals surface area contributed by atoms with E-state index in [0.717, 1.165) is 35.1 Å². The molecule has 140 valence electrons. The number of guanidine groups is 1. The van der Waals surface area contributed by atoms with Crippen molar-refractivity contribution in [3.05, 3.63) is 78.1 Å². The Bertz CT molecular complexity index is 873. The maximum Gasteiger partial charge on any atom is 0.191 e. The van der Waals surface area contributed by atoms with Crippen molar-refractivity contribution in [1.29, 1.82) is 0 Å². The van der Waals surface area contributed by atoms with Crippen molar-refractivity contribution in [3.8, 4) is 11.4 Å². The second-order valence-electron chi connectivity index (χ2n) is 6.03. The van der Waals surface area contributed by atoms with Gasteiger partial charge in [-0.25, -0.2) is 9.67 Å². The molecule has 0 aliphatic carbocycles. The summed E-state index contributed by atoms with van der Waals surface area (Å²) in [5.41, 5.74) is 3.23. The van der Waals surface area contributed by atoms with Crippen molar-refractivity contribution in [1.82, 2.24) is 20.4 Å². The van der Waals surface area contributed by atoms with Gasteiger partial charge in [0.15, 0.2) is 5.96 Å². The molecule has 0 atom stereocenters. The van der Waals surface area contributed by atoms with Gasteiger partial charge in [-0.1, -0.05) is 30.3 Å². The topological polar surface area (TPSA) is 63.5 Å². The maximum atomic E-state index is 5.27.